The number of benzene rings is 2. The molecule has 0 unspecified atom stereocenters. The molecule has 118 valence electrons. The molecule has 24 heavy (non-hydrogen) atoms. The van der Waals surface area contributed by atoms with Crippen molar-refractivity contribution >= 4 is 11.6 Å². The van der Waals surface area contributed by atoms with E-state index in [2.05, 4.69) is 15.2 Å². The first kappa shape index (κ1) is 14.5. The number of halogens is 1. The van der Waals surface area contributed by atoms with Crippen molar-refractivity contribution in [3.8, 4) is 39.9 Å². The van der Waals surface area contributed by atoms with Gasteiger partial charge in [-0.05, 0) is 12.1 Å². The number of rotatable bonds is 3. The number of hydrogen-bond donors (Lipinski definition) is 2. The Morgan fingerprint density at radius 1 is 1.00 bits per heavy atom. The second-order valence-electron chi connectivity index (χ2n) is 5.17. The van der Waals surface area contributed by atoms with E-state index in [9.17, 15) is 5.11 Å². The van der Waals surface area contributed by atoms with Gasteiger partial charge >= 0.3 is 0 Å². The molecule has 0 saturated heterocycles. The van der Waals surface area contributed by atoms with Crippen molar-refractivity contribution in [3.63, 3.8) is 0 Å². The van der Waals surface area contributed by atoms with Crippen molar-refractivity contribution in [3.05, 3.63) is 65.8 Å². The van der Waals surface area contributed by atoms with Gasteiger partial charge in [0, 0.05) is 11.1 Å². The van der Waals surface area contributed by atoms with Crippen LogP contribution in [0.4, 0.5) is 0 Å². The second-order valence-corrected chi connectivity index (χ2v) is 5.58. The van der Waals surface area contributed by atoms with E-state index in [0.29, 0.717) is 22.2 Å². The highest BCUT2D eigenvalue weighted by Crippen LogP contribution is 2.37. The maximum Gasteiger partial charge on any atom is 0.248 e. The van der Waals surface area contributed by atoms with Crippen molar-refractivity contribution in [2.24, 2.45) is 0 Å². The summed E-state index contributed by atoms with van der Waals surface area (Å²) in [6, 6.07) is 16.7. The Morgan fingerprint density at radius 3 is 2.54 bits per heavy atom. The third-order valence-corrected chi connectivity index (χ3v) is 3.98. The maximum absolute atomic E-state index is 10.5. The van der Waals surface area contributed by atoms with E-state index in [-0.39, 0.29) is 11.6 Å². The second kappa shape index (κ2) is 5.86. The van der Waals surface area contributed by atoms with E-state index < -0.39 is 0 Å². The average Bonchev–Trinajstić information content (AvgIpc) is 3.23. The summed E-state index contributed by atoms with van der Waals surface area (Å²) in [5.41, 5.74) is 2.31. The number of hydrogen-bond acceptors (Lipinski definition) is 4. The number of aromatic hydroxyl groups is 1. The van der Waals surface area contributed by atoms with Crippen LogP contribution in [0.1, 0.15) is 0 Å². The van der Waals surface area contributed by atoms with Crippen molar-refractivity contribution in [1.29, 1.82) is 0 Å². The molecule has 0 aliphatic heterocycles. The molecular weight excluding hydrogens is 326 g/mol. The minimum Gasteiger partial charge on any atom is -0.504 e. The first-order valence-corrected chi connectivity index (χ1v) is 7.65. The normalized spacial score (nSPS) is 10.9. The number of nitrogens with one attached hydrogen (secondary N) is 1. The number of aromatic nitrogens is 3. The Morgan fingerprint density at radius 2 is 1.75 bits per heavy atom. The highest BCUT2D eigenvalue weighted by atomic mass is 35.5. The van der Waals surface area contributed by atoms with Crippen molar-refractivity contribution in [1.82, 2.24) is 15.2 Å². The SMILES string of the molecule is Oc1c(-c2ccccc2)n[nH]c1-c1ncc(-c2ccccc2Cl)o1. The van der Waals surface area contributed by atoms with Gasteiger partial charge in [0.25, 0.3) is 0 Å². The quantitative estimate of drug-likeness (QED) is 0.565. The Hall–Kier alpha value is -3.05. The lowest BCUT2D eigenvalue weighted by atomic mass is 10.1. The molecule has 2 N–H and O–H groups in total. The van der Waals surface area contributed by atoms with Gasteiger partial charge in [0.05, 0.1) is 11.2 Å². The summed E-state index contributed by atoms with van der Waals surface area (Å²) in [6.45, 7) is 0. The molecule has 2 heterocycles. The maximum atomic E-state index is 10.5. The fourth-order valence-corrected chi connectivity index (χ4v) is 2.69. The number of oxazole rings is 1. The first-order chi connectivity index (χ1) is 11.7. The zero-order valence-electron chi connectivity index (χ0n) is 12.4. The lowest BCUT2D eigenvalue weighted by Crippen LogP contribution is -1.77. The van der Waals surface area contributed by atoms with Gasteiger partial charge in [0.2, 0.25) is 5.89 Å². The molecule has 6 heteroatoms. The summed E-state index contributed by atoms with van der Waals surface area (Å²) in [4.78, 5) is 4.22. The predicted molar refractivity (Wildman–Crippen MR) is 91.6 cm³/mol. The van der Waals surface area contributed by atoms with E-state index in [1.807, 2.05) is 48.5 Å². The zero-order valence-corrected chi connectivity index (χ0v) is 13.2. The van der Waals surface area contributed by atoms with Crippen LogP contribution in [0, 0.1) is 0 Å². The molecule has 0 radical (unpaired) electrons. The highest BCUT2D eigenvalue weighted by Gasteiger charge is 2.20. The molecule has 4 aromatic rings. The van der Waals surface area contributed by atoms with E-state index in [0.717, 1.165) is 11.1 Å². The molecule has 2 aromatic heterocycles. The third kappa shape index (κ3) is 2.45. The Kier molecular flexibility index (Phi) is 3.55. The smallest absolute Gasteiger partial charge is 0.248 e. The summed E-state index contributed by atoms with van der Waals surface area (Å²) in [5.74, 6) is 0.761. The fraction of sp³-hybridized carbons (Fsp3) is 0. The van der Waals surface area contributed by atoms with E-state index in [1.165, 1.54) is 0 Å². The molecule has 0 fully saturated rings. The molecule has 0 aliphatic carbocycles. The van der Waals surface area contributed by atoms with Crippen LogP contribution in [0.3, 0.4) is 0 Å². The van der Waals surface area contributed by atoms with Crippen LogP contribution in [0.5, 0.6) is 5.75 Å². The lowest BCUT2D eigenvalue weighted by molar-refractivity contribution is 0.475. The van der Waals surface area contributed by atoms with Crippen molar-refractivity contribution < 1.29 is 9.52 Å². The van der Waals surface area contributed by atoms with Gasteiger partial charge in [-0.25, -0.2) is 4.98 Å². The Labute approximate surface area is 142 Å². The van der Waals surface area contributed by atoms with Crippen molar-refractivity contribution in [2.75, 3.05) is 0 Å². The van der Waals surface area contributed by atoms with Gasteiger partial charge < -0.3 is 9.52 Å². The van der Waals surface area contributed by atoms with Crippen LogP contribution in [0.2, 0.25) is 5.02 Å². The average molecular weight is 338 g/mol. The largest absolute Gasteiger partial charge is 0.504 e. The van der Waals surface area contributed by atoms with Crippen LogP contribution in [0.15, 0.2) is 65.2 Å². The van der Waals surface area contributed by atoms with Gasteiger partial charge in [0.15, 0.2) is 17.2 Å². The molecule has 2 aromatic carbocycles. The van der Waals surface area contributed by atoms with Gasteiger partial charge in [0.1, 0.15) is 5.69 Å². The third-order valence-electron chi connectivity index (χ3n) is 3.65. The van der Waals surface area contributed by atoms with Crippen LogP contribution < -0.4 is 0 Å². The van der Waals surface area contributed by atoms with E-state index in [4.69, 9.17) is 16.0 Å². The Bertz CT molecular complexity index is 992. The molecule has 0 amide bonds. The highest BCUT2D eigenvalue weighted by molar-refractivity contribution is 6.33. The van der Waals surface area contributed by atoms with Crippen LogP contribution in [-0.2, 0) is 0 Å². The Balaban J connectivity index is 1.74. The lowest BCUT2D eigenvalue weighted by Gasteiger charge is -1.99. The summed E-state index contributed by atoms with van der Waals surface area (Å²) < 4.78 is 5.74. The fourth-order valence-electron chi connectivity index (χ4n) is 2.46. The minimum atomic E-state index is -0.00578. The van der Waals surface area contributed by atoms with Gasteiger partial charge in [-0.15, -0.1) is 0 Å². The van der Waals surface area contributed by atoms with E-state index in [1.54, 1.807) is 12.3 Å². The molecule has 5 nitrogen and oxygen atoms in total. The van der Waals surface area contributed by atoms with Gasteiger partial charge in [-0.3, -0.25) is 5.10 Å². The molecule has 4 rings (SSSR count). The molecule has 0 spiro atoms. The zero-order chi connectivity index (χ0) is 16.5. The predicted octanol–water partition coefficient (Wildman–Crippen LogP) is 4.76. The van der Waals surface area contributed by atoms with Gasteiger partial charge in [-0.1, -0.05) is 54.1 Å². The molecule has 0 aliphatic rings. The molecule has 0 bridgehead atoms. The number of aromatic amines is 1. The van der Waals surface area contributed by atoms with Gasteiger partial charge in [-0.2, -0.15) is 5.10 Å². The van der Waals surface area contributed by atoms with E-state index >= 15 is 0 Å². The monoisotopic (exact) mass is 337 g/mol. The molecule has 0 saturated carbocycles. The number of nitrogens with zero attached hydrogens (tertiary/aromatic N) is 2. The standard InChI is InChI=1S/C18H12ClN3O2/c19-13-9-5-4-8-12(13)14-10-20-18(24-14)16-17(23)15(21-22-16)11-6-2-1-3-7-11/h1-10,23H,(H,21,22). The summed E-state index contributed by atoms with van der Waals surface area (Å²) in [5, 5.41) is 18.0. The summed E-state index contributed by atoms with van der Waals surface area (Å²) in [7, 11) is 0. The van der Waals surface area contributed by atoms with Crippen LogP contribution >= 0.6 is 11.6 Å². The summed E-state index contributed by atoms with van der Waals surface area (Å²) in [6.07, 6.45) is 1.57. The van der Waals surface area contributed by atoms with Crippen LogP contribution in [0.25, 0.3) is 34.2 Å². The van der Waals surface area contributed by atoms with Crippen LogP contribution in [-0.4, -0.2) is 20.3 Å². The molecule has 0 atom stereocenters. The number of H-pyrrole nitrogens is 1. The molecular formula is C18H12ClN3O2. The minimum absolute atomic E-state index is 0.00578. The summed E-state index contributed by atoms with van der Waals surface area (Å²) >= 11 is 6.17. The van der Waals surface area contributed by atoms with Crippen molar-refractivity contribution in [2.45, 2.75) is 0 Å². The topological polar surface area (TPSA) is 74.9 Å². The first-order valence-electron chi connectivity index (χ1n) is 7.28.